The number of fused-ring (bicyclic) bond motifs is 1. The topological polar surface area (TPSA) is 12.9 Å². The predicted octanol–water partition coefficient (Wildman–Crippen LogP) is 1.32. The average molecular weight is 338 g/mol. The summed E-state index contributed by atoms with van der Waals surface area (Å²) < 4.78 is 0. The van der Waals surface area contributed by atoms with Crippen molar-refractivity contribution in [2.24, 2.45) is 0 Å². The number of benzene rings is 1. The van der Waals surface area contributed by atoms with Crippen LogP contribution in [0.4, 0.5) is 0 Å². The van der Waals surface area contributed by atoms with Gasteiger partial charge in [-0.1, -0.05) is 24.3 Å². The molecule has 0 saturated carbocycles. The van der Waals surface area contributed by atoms with E-state index in [4.69, 9.17) is 0 Å². The van der Waals surface area contributed by atoms with Crippen LogP contribution in [-0.2, 0) is 0 Å². The van der Waals surface area contributed by atoms with Crippen molar-refractivity contribution >= 4 is 38.2 Å². The molecule has 0 saturated heterocycles. The number of aromatic nitrogens is 1. The fourth-order valence-electron chi connectivity index (χ4n) is 1.02. The maximum atomic E-state index is 4.18. The third-order valence-corrected chi connectivity index (χ3v) is 1.51. The molecule has 54 valence electrons. The molecule has 0 bridgehead atoms. The van der Waals surface area contributed by atoms with Gasteiger partial charge in [-0.3, -0.25) is 4.98 Å². The van der Waals surface area contributed by atoms with Crippen LogP contribution in [-0.4, -0.2) is 32.3 Å². The van der Waals surface area contributed by atoms with Gasteiger partial charge in [0, 0.05) is 11.6 Å². The van der Waals surface area contributed by atoms with Crippen LogP contribution in [0, 0.1) is 0 Å². The van der Waals surface area contributed by atoms with Gasteiger partial charge in [0.2, 0.25) is 0 Å². The SMILES string of the molecule is [PbH2].c1ccc2ncccc2c1. The van der Waals surface area contributed by atoms with Gasteiger partial charge >= 0.3 is 27.3 Å². The van der Waals surface area contributed by atoms with E-state index in [-0.39, 0.29) is 27.3 Å². The second kappa shape index (κ2) is 3.80. The van der Waals surface area contributed by atoms with Crippen molar-refractivity contribution in [2.45, 2.75) is 0 Å². The van der Waals surface area contributed by atoms with Crippen LogP contribution in [0.1, 0.15) is 0 Å². The molecule has 0 spiro atoms. The Morgan fingerprint density at radius 1 is 0.909 bits per heavy atom. The first-order valence-electron chi connectivity index (χ1n) is 3.26. The van der Waals surface area contributed by atoms with Crippen molar-refractivity contribution in [1.29, 1.82) is 0 Å². The van der Waals surface area contributed by atoms with E-state index >= 15 is 0 Å². The summed E-state index contributed by atoms with van der Waals surface area (Å²) in [7, 11) is 0. The molecular weight excluding hydrogens is 329 g/mol. The molecule has 1 heterocycles. The molecule has 0 N–H and O–H groups in total. The zero-order chi connectivity index (χ0) is 6.81. The summed E-state index contributed by atoms with van der Waals surface area (Å²) in [5.41, 5.74) is 1.06. The Kier molecular flexibility index (Phi) is 2.99. The predicted molar refractivity (Wildman–Crippen MR) is 50.3 cm³/mol. The van der Waals surface area contributed by atoms with Crippen LogP contribution in [0.25, 0.3) is 10.9 Å². The quantitative estimate of drug-likeness (QED) is 0.661. The van der Waals surface area contributed by atoms with Crippen LogP contribution < -0.4 is 0 Å². The molecule has 2 rings (SSSR count). The van der Waals surface area contributed by atoms with Crippen LogP contribution in [0.15, 0.2) is 42.6 Å². The van der Waals surface area contributed by atoms with Gasteiger partial charge in [0.1, 0.15) is 0 Å². The van der Waals surface area contributed by atoms with Crippen molar-refractivity contribution in [3.8, 4) is 0 Å². The second-order valence-electron chi connectivity index (χ2n) is 2.20. The molecule has 1 aromatic carbocycles. The van der Waals surface area contributed by atoms with Gasteiger partial charge in [-0.15, -0.1) is 0 Å². The number of hydrogen-bond acceptors (Lipinski definition) is 1. The number of hydrogen-bond donors (Lipinski definition) is 0. The van der Waals surface area contributed by atoms with Gasteiger partial charge in [0.25, 0.3) is 0 Å². The molecule has 0 atom stereocenters. The van der Waals surface area contributed by atoms with Crippen LogP contribution >= 0.6 is 0 Å². The molecule has 2 heteroatoms. The fraction of sp³-hybridized carbons (Fsp3) is 0. The molecule has 2 radical (unpaired) electrons. The minimum absolute atomic E-state index is 0. The van der Waals surface area contributed by atoms with Crippen molar-refractivity contribution in [2.75, 3.05) is 0 Å². The summed E-state index contributed by atoms with van der Waals surface area (Å²) in [5, 5.41) is 1.20. The second-order valence-corrected chi connectivity index (χ2v) is 2.20. The summed E-state index contributed by atoms with van der Waals surface area (Å²) in [6.07, 6.45) is 1.81. The molecule has 0 unspecified atom stereocenters. The van der Waals surface area contributed by atoms with Gasteiger partial charge in [-0.25, -0.2) is 0 Å². The van der Waals surface area contributed by atoms with Gasteiger partial charge in [-0.2, -0.15) is 0 Å². The summed E-state index contributed by atoms with van der Waals surface area (Å²) in [4.78, 5) is 4.18. The molecular formula is C9H9NPb. The van der Waals surface area contributed by atoms with E-state index in [0.29, 0.717) is 0 Å². The molecule has 0 aliphatic heterocycles. The van der Waals surface area contributed by atoms with Gasteiger partial charge in [0.15, 0.2) is 0 Å². The summed E-state index contributed by atoms with van der Waals surface area (Å²) in [6, 6.07) is 12.1. The van der Waals surface area contributed by atoms with Crippen molar-refractivity contribution in [1.82, 2.24) is 4.98 Å². The first-order chi connectivity index (χ1) is 4.97. The molecule has 2 aromatic rings. The third-order valence-electron chi connectivity index (χ3n) is 1.51. The first kappa shape index (κ1) is 8.65. The van der Waals surface area contributed by atoms with Gasteiger partial charge in [-0.05, 0) is 12.1 Å². The third kappa shape index (κ3) is 1.77. The Bertz CT molecular complexity index is 281. The summed E-state index contributed by atoms with van der Waals surface area (Å²) in [6.45, 7) is 0. The molecule has 0 fully saturated rings. The Morgan fingerprint density at radius 2 is 1.64 bits per heavy atom. The largest absolute Gasteiger partial charge is 0.256 e. The Balaban J connectivity index is 0.000000605. The number of para-hydroxylation sites is 1. The van der Waals surface area contributed by atoms with E-state index < -0.39 is 0 Å². The van der Waals surface area contributed by atoms with Crippen LogP contribution in [0.5, 0.6) is 0 Å². The van der Waals surface area contributed by atoms with E-state index in [2.05, 4.69) is 17.1 Å². The van der Waals surface area contributed by atoms with Gasteiger partial charge < -0.3 is 0 Å². The summed E-state index contributed by atoms with van der Waals surface area (Å²) in [5.74, 6) is 0. The van der Waals surface area contributed by atoms with Crippen LogP contribution in [0.2, 0.25) is 0 Å². The van der Waals surface area contributed by atoms with Crippen molar-refractivity contribution in [3.63, 3.8) is 0 Å². The number of pyridine rings is 1. The van der Waals surface area contributed by atoms with E-state index in [1.54, 1.807) is 0 Å². The smallest absolute Gasteiger partial charge is 0.0701 e. The zero-order valence-electron chi connectivity index (χ0n) is 6.20. The molecule has 11 heavy (non-hydrogen) atoms. The normalized spacial score (nSPS) is 9.09. The Morgan fingerprint density at radius 3 is 2.45 bits per heavy atom. The molecule has 0 aliphatic carbocycles. The van der Waals surface area contributed by atoms with Crippen molar-refractivity contribution in [3.05, 3.63) is 42.6 Å². The molecule has 0 aliphatic rings. The molecule has 0 amide bonds. The van der Waals surface area contributed by atoms with Crippen LogP contribution in [0.3, 0.4) is 0 Å². The molecule has 1 aromatic heterocycles. The number of rotatable bonds is 0. The fourth-order valence-corrected chi connectivity index (χ4v) is 1.02. The van der Waals surface area contributed by atoms with E-state index in [9.17, 15) is 0 Å². The van der Waals surface area contributed by atoms with E-state index in [0.717, 1.165) is 5.52 Å². The Labute approximate surface area is 85.6 Å². The van der Waals surface area contributed by atoms with E-state index in [1.807, 2.05) is 30.5 Å². The minimum atomic E-state index is 0. The maximum absolute atomic E-state index is 4.18. The van der Waals surface area contributed by atoms with Crippen molar-refractivity contribution < 1.29 is 0 Å². The minimum Gasteiger partial charge on any atom is -0.256 e. The monoisotopic (exact) mass is 339 g/mol. The Hall–Kier alpha value is -0.448. The summed E-state index contributed by atoms with van der Waals surface area (Å²) >= 11 is 0. The van der Waals surface area contributed by atoms with Gasteiger partial charge in [0.05, 0.1) is 5.52 Å². The zero-order valence-corrected chi connectivity index (χ0v) is 11.7. The number of nitrogens with zero attached hydrogens (tertiary/aromatic N) is 1. The maximum Gasteiger partial charge on any atom is 0.0701 e. The standard InChI is InChI=1S/C9H7N.Pb.2H/c1-2-6-9-8(4-1)5-3-7-10-9;;;/h1-7H;;;. The first-order valence-corrected chi connectivity index (χ1v) is 3.26. The molecule has 1 nitrogen and oxygen atoms in total. The van der Waals surface area contributed by atoms with E-state index in [1.165, 1.54) is 5.39 Å². The average Bonchev–Trinajstić information content (AvgIpc) is 2.05.